The minimum absolute atomic E-state index is 0.0288. The zero-order valence-electron chi connectivity index (χ0n) is 24.0. The normalized spacial score (nSPS) is 38.7. The zero-order chi connectivity index (χ0) is 27.8. The summed E-state index contributed by atoms with van der Waals surface area (Å²) in [5.74, 6) is -0.655. The number of hydrogen-bond donors (Lipinski definition) is 1. The highest BCUT2D eigenvalue weighted by Gasteiger charge is 2.68. The lowest BCUT2D eigenvalue weighted by molar-refractivity contribution is -0.209. The number of rotatable bonds is 4. The first-order chi connectivity index (χ1) is 18.4. The van der Waals surface area contributed by atoms with Crippen LogP contribution in [0.1, 0.15) is 83.6 Å². The summed E-state index contributed by atoms with van der Waals surface area (Å²) < 4.78 is 18.2. The number of esters is 1. The van der Waals surface area contributed by atoms with Gasteiger partial charge < -0.3 is 24.2 Å². The number of benzene rings is 1. The molecule has 1 aliphatic heterocycles. The van der Waals surface area contributed by atoms with Crippen LogP contribution in [0, 0.1) is 17.3 Å². The lowest BCUT2D eigenvalue weighted by atomic mass is 9.49. The Labute approximate surface area is 231 Å². The minimum Gasteiger partial charge on any atom is -0.451 e. The van der Waals surface area contributed by atoms with Crippen LogP contribution in [0.4, 0.5) is 5.69 Å². The van der Waals surface area contributed by atoms with Crippen molar-refractivity contribution in [3.8, 4) is 0 Å². The number of carbonyl (C=O) groups excluding carboxylic acids is 2. The number of aliphatic hydroxyl groups is 1. The van der Waals surface area contributed by atoms with Gasteiger partial charge in [0.15, 0.2) is 17.2 Å². The van der Waals surface area contributed by atoms with E-state index in [4.69, 9.17) is 14.2 Å². The fraction of sp³-hybridized carbons (Fsp3) is 0.688. The van der Waals surface area contributed by atoms with Crippen LogP contribution in [0.25, 0.3) is 0 Å². The third kappa shape index (κ3) is 3.94. The van der Waals surface area contributed by atoms with Gasteiger partial charge in [0.25, 0.3) is 0 Å². The molecule has 212 valence electrons. The molecular formula is C32H43NO6. The third-order valence-electron chi connectivity index (χ3n) is 11.0. The van der Waals surface area contributed by atoms with Crippen molar-refractivity contribution in [1.82, 2.24) is 0 Å². The number of fused-ring (bicyclic) bond motifs is 4. The van der Waals surface area contributed by atoms with E-state index >= 15 is 0 Å². The molecule has 6 atom stereocenters. The highest BCUT2D eigenvalue weighted by atomic mass is 16.7. The highest BCUT2D eigenvalue weighted by Crippen LogP contribution is 2.69. The number of ether oxygens (including phenoxy) is 3. The van der Waals surface area contributed by atoms with Gasteiger partial charge in [0.1, 0.15) is 0 Å². The molecule has 1 saturated heterocycles. The Hall–Kier alpha value is -2.22. The third-order valence-corrected chi connectivity index (χ3v) is 11.0. The van der Waals surface area contributed by atoms with Crippen LogP contribution in [-0.4, -0.2) is 61.2 Å². The summed E-state index contributed by atoms with van der Waals surface area (Å²) in [6, 6.07) is 8.69. The number of Topliss-reactive ketones (excluding diaryl/α,β-unsaturated/α-hetero) is 1. The lowest BCUT2D eigenvalue weighted by Crippen LogP contribution is -2.58. The summed E-state index contributed by atoms with van der Waals surface area (Å²) in [6.45, 7) is 6.35. The van der Waals surface area contributed by atoms with Gasteiger partial charge in [0, 0.05) is 50.9 Å². The van der Waals surface area contributed by atoms with Gasteiger partial charge in [-0.1, -0.05) is 24.6 Å². The van der Waals surface area contributed by atoms with Crippen LogP contribution in [-0.2, 0) is 23.8 Å². The smallest absolute Gasteiger partial charge is 0.303 e. The molecule has 6 rings (SSSR count). The molecule has 1 heterocycles. The Morgan fingerprint density at radius 3 is 2.33 bits per heavy atom. The first-order valence-corrected chi connectivity index (χ1v) is 14.7. The average molecular weight is 538 g/mol. The molecule has 2 unspecified atom stereocenters. The molecule has 1 aromatic rings. The summed E-state index contributed by atoms with van der Waals surface area (Å²) in [7, 11) is 4.07. The van der Waals surface area contributed by atoms with Crippen molar-refractivity contribution >= 4 is 17.4 Å². The number of ketones is 1. The Morgan fingerprint density at radius 2 is 1.72 bits per heavy atom. The van der Waals surface area contributed by atoms with Crippen molar-refractivity contribution in [2.75, 3.05) is 32.2 Å². The predicted octanol–water partition coefficient (Wildman–Crippen LogP) is 4.91. The maximum atomic E-state index is 13.3. The molecule has 7 heteroatoms. The van der Waals surface area contributed by atoms with Crippen molar-refractivity contribution in [2.45, 2.75) is 95.0 Å². The minimum atomic E-state index is -1.11. The SMILES string of the molecule is CC(=O)O[C@@]1(C(C)=O)CCC2C3CC[C@@]4(O)CC5(CCC4=C3[C@@H](c3ccc(N(C)C)cc3)C[C@@]21C)OCCO5. The van der Waals surface area contributed by atoms with E-state index in [2.05, 4.69) is 36.1 Å². The maximum absolute atomic E-state index is 13.3. The van der Waals surface area contributed by atoms with E-state index in [-0.39, 0.29) is 23.5 Å². The fourth-order valence-electron chi connectivity index (χ4n) is 9.37. The van der Waals surface area contributed by atoms with Gasteiger partial charge in [-0.3, -0.25) is 9.59 Å². The highest BCUT2D eigenvalue weighted by molar-refractivity contribution is 5.89. The number of allylic oxidation sites excluding steroid dienone is 1. The number of hydrogen-bond acceptors (Lipinski definition) is 7. The van der Waals surface area contributed by atoms with E-state index in [1.807, 2.05) is 14.1 Å². The predicted molar refractivity (Wildman–Crippen MR) is 147 cm³/mol. The van der Waals surface area contributed by atoms with Gasteiger partial charge in [0.2, 0.25) is 0 Å². The van der Waals surface area contributed by atoms with Gasteiger partial charge in [0.05, 0.1) is 18.8 Å². The van der Waals surface area contributed by atoms with E-state index in [0.29, 0.717) is 38.9 Å². The molecule has 4 fully saturated rings. The standard InChI is InChI=1S/C32H43NO6/c1-20(34)32(39-21(2)35)15-12-26-24-10-13-30(36)19-31(37-16-17-38-31)14-11-27(30)28(24)25(18-29(26,32)3)22-6-8-23(9-7-22)33(4)5/h6-9,24-26,36H,10-19H2,1-5H3/t24?,25-,26?,29+,30-,32-/m1/s1. The Kier molecular flexibility index (Phi) is 6.33. The van der Waals surface area contributed by atoms with Crippen LogP contribution in [0.15, 0.2) is 35.4 Å². The van der Waals surface area contributed by atoms with E-state index in [9.17, 15) is 14.7 Å². The van der Waals surface area contributed by atoms with Crippen LogP contribution in [0.2, 0.25) is 0 Å². The second-order valence-corrected chi connectivity index (χ2v) is 13.2. The summed E-state index contributed by atoms with van der Waals surface area (Å²) in [6.07, 6.45) is 5.57. The summed E-state index contributed by atoms with van der Waals surface area (Å²) in [5, 5.41) is 12.2. The summed E-state index contributed by atoms with van der Waals surface area (Å²) in [5.41, 5.74) is 2.29. The zero-order valence-corrected chi connectivity index (χ0v) is 24.0. The number of anilines is 1. The molecule has 1 spiro atoms. The van der Waals surface area contributed by atoms with Crippen LogP contribution >= 0.6 is 0 Å². The molecule has 7 nitrogen and oxygen atoms in total. The van der Waals surface area contributed by atoms with Crippen molar-refractivity contribution in [1.29, 1.82) is 0 Å². The monoisotopic (exact) mass is 537 g/mol. The lowest BCUT2D eigenvalue weighted by Gasteiger charge is -2.57. The molecule has 0 amide bonds. The molecule has 1 aromatic carbocycles. The van der Waals surface area contributed by atoms with Crippen molar-refractivity contribution < 1.29 is 28.9 Å². The molecule has 3 saturated carbocycles. The quantitative estimate of drug-likeness (QED) is 0.431. The maximum Gasteiger partial charge on any atom is 0.303 e. The van der Waals surface area contributed by atoms with Crippen molar-refractivity contribution in [3.05, 3.63) is 41.0 Å². The van der Waals surface area contributed by atoms with Gasteiger partial charge in [-0.25, -0.2) is 0 Å². The number of carbonyl (C=O) groups is 2. The van der Waals surface area contributed by atoms with E-state index < -0.39 is 28.4 Å². The fourth-order valence-corrected chi connectivity index (χ4v) is 9.37. The molecule has 5 aliphatic rings. The van der Waals surface area contributed by atoms with Crippen molar-refractivity contribution in [2.24, 2.45) is 17.3 Å². The Bertz CT molecular complexity index is 1200. The molecule has 1 N–H and O–H groups in total. The molecule has 0 bridgehead atoms. The van der Waals surface area contributed by atoms with E-state index in [1.165, 1.54) is 23.6 Å². The average Bonchev–Trinajstić information content (AvgIpc) is 3.44. The van der Waals surface area contributed by atoms with Crippen LogP contribution in [0.3, 0.4) is 0 Å². The largest absolute Gasteiger partial charge is 0.451 e. The van der Waals surface area contributed by atoms with E-state index in [1.54, 1.807) is 6.92 Å². The van der Waals surface area contributed by atoms with E-state index in [0.717, 1.165) is 31.4 Å². The van der Waals surface area contributed by atoms with Crippen LogP contribution < -0.4 is 4.90 Å². The Morgan fingerprint density at radius 1 is 1.03 bits per heavy atom. The number of nitrogens with zero attached hydrogens (tertiary/aromatic N) is 1. The summed E-state index contributed by atoms with van der Waals surface area (Å²) >= 11 is 0. The van der Waals surface area contributed by atoms with Gasteiger partial charge >= 0.3 is 5.97 Å². The molecule has 39 heavy (non-hydrogen) atoms. The molecule has 4 aliphatic carbocycles. The van der Waals surface area contributed by atoms with Crippen LogP contribution in [0.5, 0.6) is 0 Å². The second-order valence-electron chi connectivity index (χ2n) is 13.2. The van der Waals surface area contributed by atoms with Gasteiger partial charge in [-0.05, 0) is 80.6 Å². The first kappa shape index (κ1) is 27.0. The topological polar surface area (TPSA) is 85.3 Å². The first-order valence-electron chi connectivity index (χ1n) is 14.7. The molecule has 0 radical (unpaired) electrons. The summed E-state index contributed by atoms with van der Waals surface area (Å²) in [4.78, 5) is 27.8. The Balaban J connectivity index is 1.49. The van der Waals surface area contributed by atoms with Crippen molar-refractivity contribution in [3.63, 3.8) is 0 Å². The molecule has 0 aromatic heterocycles. The molecular weight excluding hydrogens is 494 g/mol. The van der Waals surface area contributed by atoms with Gasteiger partial charge in [-0.15, -0.1) is 0 Å². The second kappa shape index (κ2) is 9.15. The van der Waals surface area contributed by atoms with Gasteiger partial charge in [-0.2, -0.15) is 0 Å².